The number of aromatic nitrogens is 1. The van der Waals surface area contributed by atoms with E-state index < -0.39 is 24.5 Å². The molecule has 0 aliphatic heterocycles. The molecule has 15 heavy (non-hydrogen) atoms. The van der Waals surface area contributed by atoms with Crippen LogP contribution in [0.15, 0.2) is 10.7 Å². The van der Waals surface area contributed by atoms with E-state index in [4.69, 9.17) is 10.8 Å². The van der Waals surface area contributed by atoms with E-state index in [0.717, 1.165) is 6.20 Å². The average Bonchev–Trinajstić information content (AvgIpc) is 2.12. The van der Waals surface area contributed by atoms with Gasteiger partial charge in [0, 0.05) is 11.8 Å². The second-order valence-electron chi connectivity index (χ2n) is 2.75. The van der Waals surface area contributed by atoms with E-state index in [1.807, 2.05) is 0 Å². The summed E-state index contributed by atoms with van der Waals surface area (Å²) < 4.78 is 25.2. The first-order valence-corrected chi connectivity index (χ1v) is 4.65. The fourth-order valence-electron chi connectivity index (χ4n) is 1.08. The van der Waals surface area contributed by atoms with Gasteiger partial charge in [-0.2, -0.15) is 0 Å². The molecule has 0 bridgehead atoms. The molecule has 0 radical (unpaired) electrons. The lowest BCUT2D eigenvalue weighted by atomic mass is 10.1. The summed E-state index contributed by atoms with van der Waals surface area (Å²) in [7, 11) is 0. The van der Waals surface area contributed by atoms with E-state index in [0.29, 0.717) is 4.47 Å². The van der Waals surface area contributed by atoms with Gasteiger partial charge in [-0.05, 0) is 15.9 Å². The van der Waals surface area contributed by atoms with Crippen LogP contribution in [0.25, 0.3) is 0 Å². The number of aliphatic carboxylic acids is 1. The van der Waals surface area contributed by atoms with Crippen molar-refractivity contribution >= 4 is 27.6 Å². The Morgan fingerprint density at radius 2 is 2.27 bits per heavy atom. The van der Waals surface area contributed by atoms with Crippen LogP contribution in [0.5, 0.6) is 0 Å². The maximum Gasteiger partial charge on any atom is 0.307 e. The highest BCUT2D eigenvalue weighted by Crippen LogP contribution is 2.30. The van der Waals surface area contributed by atoms with Gasteiger partial charge < -0.3 is 10.8 Å². The predicted octanol–water partition coefficient (Wildman–Crippen LogP) is 1.99. The van der Waals surface area contributed by atoms with Gasteiger partial charge in [0.25, 0.3) is 6.43 Å². The lowest BCUT2D eigenvalue weighted by Crippen LogP contribution is -2.09. The number of carboxylic acid groups (broad SMARTS) is 1. The third-order valence-corrected chi connectivity index (χ3v) is 2.38. The molecule has 0 aromatic carbocycles. The Labute approximate surface area is 92.2 Å². The van der Waals surface area contributed by atoms with Gasteiger partial charge in [0.2, 0.25) is 0 Å². The summed E-state index contributed by atoms with van der Waals surface area (Å²) in [5, 5.41) is 8.54. The quantitative estimate of drug-likeness (QED) is 0.888. The Hall–Kier alpha value is -1.24. The number of hydrogen-bond donors (Lipinski definition) is 2. The molecule has 0 aliphatic rings. The van der Waals surface area contributed by atoms with Crippen molar-refractivity contribution in [2.45, 2.75) is 12.8 Å². The molecule has 0 fully saturated rings. The standard InChI is InChI=1S/C8H7BrF2N2O2/c9-4-2-13-7(8(10)11)3(6(4)12)1-5(14)15/h2,8H,1H2,(H2,12,13)(H,14,15). The fraction of sp³-hybridized carbons (Fsp3) is 0.250. The van der Waals surface area contributed by atoms with Gasteiger partial charge in [0.05, 0.1) is 16.6 Å². The van der Waals surface area contributed by atoms with Crippen molar-refractivity contribution in [3.63, 3.8) is 0 Å². The van der Waals surface area contributed by atoms with E-state index in [9.17, 15) is 13.6 Å². The largest absolute Gasteiger partial charge is 0.481 e. The molecule has 82 valence electrons. The van der Waals surface area contributed by atoms with Gasteiger partial charge in [-0.3, -0.25) is 9.78 Å². The van der Waals surface area contributed by atoms with E-state index in [1.54, 1.807) is 0 Å². The smallest absolute Gasteiger partial charge is 0.307 e. The number of nitrogens with two attached hydrogens (primary N) is 1. The average molecular weight is 281 g/mol. The molecule has 1 heterocycles. The molecular formula is C8H7BrF2N2O2. The topological polar surface area (TPSA) is 76.2 Å². The second-order valence-corrected chi connectivity index (χ2v) is 3.61. The highest BCUT2D eigenvalue weighted by atomic mass is 79.9. The van der Waals surface area contributed by atoms with Crippen molar-refractivity contribution in [1.82, 2.24) is 4.98 Å². The van der Waals surface area contributed by atoms with E-state index in [1.165, 1.54) is 0 Å². The molecule has 0 aliphatic carbocycles. The predicted molar refractivity (Wildman–Crippen MR) is 52.6 cm³/mol. The zero-order chi connectivity index (χ0) is 11.6. The summed E-state index contributed by atoms with van der Waals surface area (Å²) in [6, 6.07) is 0. The number of anilines is 1. The maximum absolute atomic E-state index is 12.5. The van der Waals surface area contributed by atoms with Crippen molar-refractivity contribution in [3.8, 4) is 0 Å². The Balaban J connectivity index is 3.28. The monoisotopic (exact) mass is 280 g/mol. The summed E-state index contributed by atoms with van der Waals surface area (Å²) in [5.41, 5.74) is 4.74. The second kappa shape index (κ2) is 4.52. The highest BCUT2D eigenvalue weighted by Gasteiger charge is 2.20. The van der Waals surface area contributed by atoms with Crippen LogP contribution in [0.1, 0.15) is 17.7 Å². The summed E-state index contributed by atoms with van der Waals surface area (Å²) in [4.78, 5) is 13.9. The van der Waals surface area contributed by atoms with Crippen molar-refractivity contribution in [2.24, 2.45) is 0 Å². The zero-order valence-electron chi connectivity index (χ0n) is 7.38. The van der Waals surface area contributed by atoms with Crippen LogP contribution in [-0.4, -0.2) is 16.1 Å². The first-order valence-electron chi connectivity index (χ1n) is 3.86. The van der Waals surface area contributed by atoms with E-state index in [-0.39, 0.29) is 11.3 Å². The van der Waals surface area contributed by atoms with Gasteiger partial charge in [-0.1, -0.05) is 0 Å². The molecule has 0 atom stereocenters. The van der Waals surface area contributed by atoms with Crippen LogP contribution in [0, 0.1) is 0 Å². The molecular weight excluding hydrogens is 274 g/mol. The van der Waals surface area contributed by atoms with Crippen LogP contribution < -0.4 is 5.73 Å². The summed E-state index contributed by atoms with van der Waals surface area (Å²) in [5.74, 6) is -1.23. The van der Waals surface area contributed by atoms with Crippen molar-refractivity contribution < 1.29 is 18.7 Å². The van der Waals surface area contributed by atoms with E-state index in [2.05, 4.69) is 20.9 Å². The van der Waals surface area contributed by atoms with Crippen LogP contribution >= 0.6 is 15.9 Å². The number of pyridine rings is 1. The van der Waals surface area contributed by atoms with Crippen LogP contribution in [0.4, 0.5) is 14.5 Å². The van der Waals surface area contributed by atoms with Crippen molar-refractivity contribution in [1.29, 1.82) is 0 Å². The van der Waals surface area contributed by atoms with Gasteiger partial charge >= 0.3 is 5.97 Å². The minimum Gasteiger partial charge on any atom is -0.481 e. The molecule has 0 spiro atoms. The molecule has 0 saturated carbocycles. The number of rotatable bonds is 3. The SMILES string of the molecule is Nc1c(Br)cnc(C(F)F)c1CC(=O)O. The molecule has 0 unspecified atom stereocenters. The molecule has 1 rings (SSSR count). The van der Waals surface area contributed by atoms with Gasteiger partial charge in [-0.15, -0.1) is 0 Å². The third-order valence-electron chi connectivity index (χ3n) is 1.74. The van der Waals surface area contributed by atoms with Crippen LogP contribution in [0.2, 0.25) is 0 Å². The number of hydrogen-bond acceptors (Lipinski definition) is 3. The lowest BCUT2D eigenvalue weighted by Gasteiger charge is -2.10. The van der Waals surface area contributed by atoms with Gasteiger partial charge in [0.15, 0.2) is 0 Å². The van der Waals surface area contributed by atoms with Gasteiger partial charge in [-0.25, -0.2) is 8.78 Å². The number of halogens is 3. The normalized spacial score (nSPS) is 10.7. The summed E-state index contributed by atoms with van der Waals surface area (Å²) in [6.45, 7) is 0. The minimum atomic E-state index is -2.84. The minimum absolute atomic E-state index is 0.0114. The van der Waals surface area contributed by atoms with Gasteiger partial charge in [0.1, 0.15) is 5.69 Å². The Kier molecular flexibility index (Phi) is 3.57. The number of nitrogen functional groups attached to an aromatic ring is 1. The van der Waals surface area contributed by atoms with E-state index >= 15 is 0 Å². The van der Waals surface area contributed by atoms with Crippen LogP contribution in [0.3, 0.4) is 0 Å². The maximum atomic E-state index is 12.5. The van der Waals surface area contributed by atoms with Crippen molar-refractivity contribution in [3.05, 3.63) is 21.9 Å². The zero-order valence-corrected chi connectivity index (χ0v) is 8.96. The Morgan fingerprint density at radius 1 is 1.67 bits per heavy atom. The summed E-state index contributed by atoms with van der Waals surface area (Å²) in [6.07, 6.45) is -2.28. The first-order chi connectivity index (χ1) is 6.93. The molecule has 3 N–H and O–H groups in total. The number of nitrogens with zero attached hydrogens (tertiary/aromatic N) is 1. The number of alkyl halides is 2. The fourth-order valence-corrected chi connectivity index (χ4v) is 1.42. The summed E-state index contributed by atoms with van der Waals surface area (Å²) >= 11 is 2.99. The molecule has 0 amide bonds. The van der Waals surface area contributed by atoms with Crippen molar-refractivity contribution in [2.75, 3.05) is 5.73 Å². The molecule has 7 heteroatoms. The molecule has 1 aromatic rings. The highest BCUT2D eigenvalue weighted by molar-refractivity contribution is 9.10. The Bertz CT molecular complexity index is 398. The molecule has 4 nitrogen and oxygen atoms in total. The van der Waals surface area contributed by atoms with Crippen LogP contribution in [-0.2, 0) is 11.2 Å². The molecule has 0 saturated heterocycles. The Morgan fingerprint density at radius 3 is 2.73 bits per heavy atom. The lowest BCUT2D eigenvalue weighted by molar-refractivity contribution is -0.136. The number of carboxylic acids is 1. The molecule has 1 aromatic heterocycles. The number of carbonyl (C=O) groups is 1. The first kappa shape index (κ1) is 11.8. The third kappa shape index (κ3) is 2.62.